The van der Waals surface area contributed by atoms with Gasteiger partial charge >= 0.3 is 0 Å². The summed E-state index contributed by atoms with van der Waals surface area (Å²) in [6.07, 6.45) is 0. The number of amides is 1. The number of carbonyl (C=O) groups excluding carboxylic acids is 1. The molecule has 0 unspecified atom stereocenters. The smallest absolute Gasteiger partial charge is 0.239 e. The Morgan fingerprint density at radius 3 is 2.32 bits per heavy atom. The van der Waals surface area contributed by atoms with Gasteiger partial charge in [-0.1, -0.05) is 18.2 Å². The highest BCUT2D eigenvalue weighted by molar-refractivity contribution is 5.85. The van der Waals surface area contributed by atoms with Crippen molar-refractivity contribution in [2.75, 3.05) is 0 Å². The van der Waals surface area contributed by atoms with E-state index >= 15 is 0 Å². The normalized spacial score (nSPS) is 12.1. The minimum atomic E-state index is -0.875. The third-order valence-electron chi connectivity index (χ3n) is 2.41. The van der Waals surface area contributed by atoms with Gasteiger partial charge < -0.3 is 15.8 Å². The predicted octanol–water partition coefficient (Wildman–Crippen LogP) is 2.22. The zero-order valence-corrected chi connectivity index (χ0v) is 12.4. The molecule has 0 aliphatic rings. The maximum atomic E-state index is 11.8. The summed E-state index contributed by atoms with van der Waals surface area (Å²) in [6.45, 7) is 9.74. The lowest BCUT2D eigenvalue weighted by Gasteiger charge is -2.24. The minimum absolute atomic E-state index is 0.182. The molecule has 1 rings (SSSR count). The van der Waals surface area contributed by atoms with E-state index in [4.69, 9.17) is 10.5 Å². The highest BCUT2D eigenvalue weighted by Gasteiger charge is 2.22. The molecular formula is C15H24N2O2. The van der Waals surface area contributed by atoms with E-state index in [9.17, 15) is 4.79 Å². The molecule has 3 N–H and O–H groups in total. The van der Waals surface area contributed by atoms with E-state index in [1.54, 1.807) is 13.8 Å². The molecular weight excluding hydrogens is 240 g/mol. The summed E-state index contributed by atoms with van der Waals surface area (Å²) in [5, 5.41) is 2.82. The van der Waals surface area contributed by atoms with Gasteiger partial charge in [-0.2, -0.15) is 0 Å². The summed E-state index contributed by atoms with van der Waals surface area (Å²) in [7, 11) is 0. The number of hydrogen-bond acceptors (Lipinski definition) is 3. The Labute approximate surface area is 115 Å². The molecule has 19 heavy (non-hydrogen) atoms. The second-order valence-electron chi connectivity index (χ2n) is 6.23. The van der Waals surface area contributed by atoms with Gasteiger partial charge in [0.1, 0.15) is 11.4 Å². The fraction of sp³-hybridized carbons (Fsp3) is 0.533. The number of nitrogens with one attached hydrogen (secondary N) is 1. The number of carbonyl (C=O) groups is 1. The first-order valence-corrected chi connectivity index (χ1v) is 6.44. The van der Waals surface area contributed by atoms with Crippen LogP contribution in [0.5, 0.6) is 5.75 Å². The van der Waals surface area contributed by atoms with Crippen LogP contribution in [-0.4, -0.2) is 17.0 Å². The van der Waals surface area contributed by atoms with Crippen molar-refractivity contribution < 1.29 is 9.53 Å². The van der Waals surface area contributed by atoms with Gasteiger partial charge in [0.05, 0.1) is 5.54 Å². The quantitative estimate of drug-likeness (QED) is 0.876. The lowest BCUT2D eigenvalue weighted by atomic mass is 10.1. The first kappa shape index (κ1) is 15.5. The summed E-state index contributed by atoms with van der Waals surface area (Å²) in [6, 6.07) is 7.68. The number of para-hydroxylation sites is 1. The highest BCUT2D eigenvalue weighted by atomic mass is 16.5. The number of hydrogen-bond donors (Lipinski definition) is 2. The van der Waals surface area contributed by atoms with Crippen molar-refractivity contribution in [3.05, 3.63) is 29.8 Å². The van der Waals surface area contributed by atoms with E-state index in [2.05, 4.69) is 5.32 Å². The Bertz CT molecular complexity index is 442. The molecule has 0 aliphatic heterocycles. The lowest BCUT2D eigenvalue weighted by molar-refractivity contribution is -0.125. The second kappa shape index (κ2) is 5.61. The fourth-order valence-corrected chi connectivity index (χ4v) is 1.48. The van der Waals surface area contributed by atoms with Crippen molar-refractivity contribution in [3.8, 4) is 5.75 Å². The molecule has 0 saturated carbocycles. The Morgan fingerprint density at radius 1 is 1.21 bits per heavy atom. The summed E-state index contributed by atoms with van der Waals surface area (Å²) in [4.78, 5) is 11.8. The Hall–Kier alpha value is -1.55. The van der Waals surface area contributed by atoms with Crippen LogP contribution in [0.15, 0.2) is 24.3 Å². The third kappa shape index (κ3) is 5.30. The number of ether oxygens (including phenoxy) is 1. The van der Waals surface area contributed by atoms with E-state index in [0.717, 1.165) is 11.3 Å². The number of nitrogens with two attached hydrogens (primary N) is 1. The van der Waals surface area contributed by atoms with E-state index in [1.807, 2.05) is 45.0 Å². The van der Waals surface area contributed by atoms with Crippen molar-refractivity contribution in [1.29, 1.82) is 0 Å². The molecule has 0 bridgehead atoms. The molecule has 0 saturated heterocycles. The van der Waals surface area contributed by atoms with Crippen molar-refractivity contribution in [1.82, 2.24) is 5.32 Å². The van der Waals surface area contributed by atoms with Crippen LogP contribution in [0.25, 0.3) is 0 Å². The maximum Gasteiger partial charge on any atom is 0.239 e. The van der Waals surface area contributed by atoms with Crippen molar-refractivity contribution in [3.63, 3.8) is 0 Å². The topological polar surface area (TPSA) is 64.3 Å². The van der Waals surface area contributed by atoms with Gasteiger partial charge in [0.2, 0.25) is 5.91 Å². The van der Waals surface area contributed by atoms with Crippen molar-refractivity contribution in [2.24, 2.45) is 5.73 Å². The standard InChI is InChI=1S/C15H24N2O2/c1-14(2,3)19-12-9-7-6-8-11(12)10-17-13(18)15(4,5)16/h6-9H,10,16H2,1-5H3,(H,17,18). The van der Waals surface area contributed by atoms with Gasteiger partial charge in [0, 0.05) is 12.1 Å². The Morgan fingerprint density at radius 2 is 1.79 bits per heavy atom. The monoisotopic (exact) mass is 264 g/mol. The van der Waals surface area contributed by atoms with E-state index in [-0.39, 0.29) is 11.5 Å². The lowest BCUT2D eigenvalue weighted by Crippen LogP contribution is -2.48. The van der Waals surface area contributed by atoms with Gasteiger partial charge in [-0.25, -0.2) is 0 Å². The highest BCUT2D eigenvalue weighted by Crippen LogP contribution is 2.22. The molecule has 1 amide bonds. The van der Waals surface area contributed by atoms with Crippen molar-refractivity contribution in [2.45, 2.75) is 52.3 Å². The molecule has 0 aromatic heterocycles. The zero-order chi connectivity index (χ0) is 14.7. The molecule has 0 heterocycles. The first-order valence-electron chi connectivity index (χ1n) is 6.44. The Balaban J connectivity index is 2.77. The number of rotatable bonds is 4. The van der Waals surface area contributed by atoms with Crippen molar-refractivity contribution >= 4 is 5.91 Å². The summed E-state index contributed by atoms with van der Waals surface area (Å²) < 4.78 is 5.87. The molecule has 0 spiro atoms. The van der Waals surface area contributed by atoms with Gasteiger partial charge in [0.15, 0.2) is 0 Å². The van der Waals surface area contributed by atoms with Crippen LogP contribution in [0.2, 0.25) is 0 Å². The first-order chi connectivity index (χ1) is 8.59. The van der Waals surface area contributed by atoms with Gasteiger partial charge in [-0.05, 0) is 40.7 Å². The SMILES string of the molecule is CC(C)(C)Oc1ccccc1CNC(=O)C(C)(C)N. The molecule has 0 atom stereocenters. The van der Waals surface area contributed by atoms with E-state index < -0.39 is 5.54 Å². The van der Waals surface area contributed by atoms with E-state index in [1.165, 1.54) is 0 Å². The zero-order valence-electron chi connectivity index (χ0n) is 12.4. The molecule has 4 heteroatoms. The van der Waals surface area contributed by atoms with Crippen LogP contribution in [0.3, 0.4) is 0 Å². The summed E-state index contributed by atoms with van der Waals surface area (Å²) in [5.74, 6) is 0.600. The number of benzene rings is 1. The molecule has 106 valence electrons. The van der Waals surface area contributed by atoms with Crippen LogP contribution in [-0.2, 0) is 11.3 Å². The second-order valence-corrected chi connectivity index (χ2v) is 6.23. The summed E-state index contributed by atoms with van der Waals surface area (Å²) in [5.41, 5.74) is 5.53. The Kier molecular flexibility index (Phi) is 4.58. The molecule has 0 aliphatic carbocycles. The van der Waals surface area contributed by atoms with E-state index in [0.29, 0.717) is 6.54 Å². The molecule has 0 radical (unpaired) electrons. The predicted molar refractivity (Wildman–Crippen MR) is 76.9 cm³/mol. The molecule has 1 aromatic carbocycles. The van der Waals surface area contributed by atoms with Crippen LogP contribution in [0.1, 0.15) is 40.2 Å². The average Bonchev–Trinajstić information content (AvgIpc) is 2.24. The van der Waals surface area contributed by atoms with Crippen LogP contribution in [0.4, 0.5) is 0 Å². The maximum absolute atomic E-state index is 11.8. The van der Waals surface area contributed by atoms with Crippen LogP contribution >= 0.6 is 0 Å². The third-order valence-corrected chi connectivity index (χ3v) is 2.41. The largest absolute Gasteiger partial charge is 0.488 e. The molecule has 4 nitrogen and oxygen atoms in total. The molecule has 0 fully saturated rings. The van der Waals surface area contributed by atoms with Crippen LogP contribution < -0.4 is 15.8 Å². The fourth-order valence-electron chi connectivity index (χ4n) is 1.48. The van der Waals surface area contributed by atoms with Crippen LogP contribution in [0, 0.1) is 0 Å². The average molecular weight is 264 g/mol. The van der Waals surface area contributed by atoms with Gasteiger partial charge in [-0.15, -0.1) is 0 Å². The molecule has 1 aromatic rings. The summed E-state index contributed by atoms with van der Waals surface area (Å²) >= 11 is 0. The van der Waals surface area contributed by atoms with Gasteiger partial charge in [0.25, 0.3) is 0 Å². The minimum Gasteiger partial charge on any atom is -0.488 e. The van der Waals surface area contributed by atoms with Gasteiger partial charge in [-0.3, -0.25) is 4.79 Å².